The zero-order valence-electron chi connectivity index (χ0n) is 10.5. The summed E-state index contributed by atoms with van der Waals surface area (Å²) in [6, 6.07) is 0.189. The van der Waals surface area contributed by atoms with E-state index < -0.39 is 0 Å². The van der Waals surface area contributed by atoms with Gasteiger partial charge in [-0.25, -0.2) is 0 Å². The number of nitrogens with zero attached hydrogens (tertiary/aromatic N) is 1. The molecule has 0 fully saturated rings. The molecule has 0 amide bonds. The van der Waals surface area contributed by atoms with E-state index in [0.29, 0.717) is 0 Å². The molecule has 0 radical (unpaired) electrons. The fourth-order valence-electron chi connectivity index (χ4n) is 2.36. The molecule has 1 atom stereocenters. The smallest absolute Gasteiger partial charge is 0.0446 e. The maximum Gasteiger partial charge on any atom is 0.0446 e. The molecule has 0 saturated heterocycles. The van der Waals surface area contributed by atoms with E-state index in [1.165, 1.54) is 29.7 Å². The van der Waals surface area contributed by atoms with Gasteiger partial charge in [0.2, 0.25) is 0 Å². The third-order valence-electron chi connectivity index (χ3n) is 3.04. The molecule has 1 aliphatic heterocycles. The Morgan fingerprint density at radius 1 is 1.47 bits per heavy atom. The molecule has 0 saturated carbocycles. The molecule has 0 aliphatic carbocycles. The largest absolute Gasteiger partial charge is 0.372 e. The Balaban J connectivity index is 2.89. The van der Waals surface area contributed by atoms with Crippen molar-refractivity contribution < 1.29 is 0 Å². The lowest BCUT2D eigenvalue weighted by Crippen LogP contribution is -2.36. The first-order valence-electron chi connectivity index (χ1n) is 5.97. The van der Waals surface area contributed by atoms with Crippen LogP contribution in [0.25, 0.3) is 0 Å². The van der Waals surface area contributed by atoms with Gasteiger partial charge in [0.1, 0.15) is 0 Å². The van der Waals surface area contributed by atoms with Gasteiger partial charge in [0, 0.05) is 25.3 Å². The van der Waals surface area contributed by atoms with E-state index >= 15 is 0 Å². The van der Waals surface area contributed by atoms with Crippen molar-refractivity contribution in [3.8, 4) is 0 Å². The van der Waals surface area contributed by atoms with Crippen LogP contribution < -0.4 is 5.73 Å². The van der Waals surface area contributed by atoms with Crippen LogP contribution in [0.15, 0.2) is 22.9 Å². The lowest BCUT2D eigenvalue weighted by atomic mass is 9.97. The highest BCUT2D eigenvalue weighted by atomic mass is 15.1. The van der Waals surface area contributed by atoms with Crippen molar-refractivity contribution in [2.45, 2.75) is 46.1 Å². The third-order valence-corrected chi connectivity index (χ3v) is 3.04. The van der Waals surface area contributed by atoms with Crippen LogP contribution in [0.3, 0.4) is 0 Å². The van der Waals surface area contributed by atoms with Gasteiger partial charge < -0.3 is 10.6 Å². The van der Waals surface area contributed by atoms with Gasteiger partial charge in [-0.1, -0.05) is 31.9 Å². The molecular formula is C13H24N2. The first-order chi connectivity index (χ1) is 7.10. The number of hydrogen-bond donors (Lipinski definition) is 1. The monoisotopic (exact) mass is 208 g/mol. The van der Waals surface area contributed by atoms with Gasteiger partial charge in [-0.3, -0.25) is 0 Å². The molecule has 0 aromatic rings. The summed E-state index contributed by atoms with van der Waals surface area (Å²) in [5.41, 5.74) is 10.3. The molecule has 1 unspecified atom stereocenters. The van der Waals surface area contributed by atoms with Crippen LogP contribution >= 0.6 is 0 Å². The maximum atomic E-state index is 6.12. The highest BCUT2D eigenvalue weighted by Crippen LogP contribution is 2.24. The Hall–Kier alpha value is -0.760. The van der Waals surface area contributed by atoms with Crippen molar-refractivity contribution in [1.29, 1.82) is 0 Å². The fraction of sp³-hybridized carbons (Fsp3) is 0.692. The van der Waals surface area contributed by atoms with Crippen molar-refractivity contribution in [2.24, 2.45) is 5.73 Å². The molecular weight excluding hydrogens is 184 g/mol. The summed E-state index contributed by atoms with van der Waals surface area (Å²) in [6.45, 7) is 7.60. The van der Waals surface area contributed by atoms with E-state index in [0.717, 1.165) is 13.0 Å². The van der Waals surface area contributed by atoms with Crippen molar-refractivity contribution in [1.82, 2.24) is 4.90 Å². The molecule has 0 bridgehead atoms. The standard InChI is InChI=1S/C13H24N2/c1-5-7-11-8-10(3)13(12(14)6-2)15(4)9-11/h8,12H,5-7,9,14H2,1-4H3. The zero-order valence-corrected chi connectivity index (χ0v) is 10.5. The number of allylic oxidation sites excluding steroid dienone is 2. The molecule has 0 spiro atoms. The number of likely N-dealkylation sites (N-methyl/N-ethyl adjacent to an activating group) is 1. The summed E-state index contributed by atoms with van der Waals surface area (Å²) in [4.78, 5) is 2.31. The second-order valence-electron chi connectivity index (χ2n) is 4.49. The molecule has 2 N–H and O–H groups in total. The van der Waals surface area contributed by atoms with Gasteiger partial charge in [-0.15, -0.1) is 0 Å². The van der Waals surface area contributed by atoms with E-state index in [1.807, 2.05) is 0 Å². The Morgan fingerprint density at radius 2 is 2.13 bits per heavy atom. The first kappa shape index (κ1) is 12.3. The summed E-state index contributed by atoms with van der Waals surface area (Å²) in [7, 11) is 2.15. The van der Waals surface area contributed by atoms with Gasteiger partial charge in [-0.05, 0) is 25.3 Å². The summed E-state index contributed by atoms with van der Waals surface area (Å²) in [5.74, 6) is 0. The molecule has 15 heavy (non-hydrogen) atoms. The molecule has 0 aromatic heterocycles. The molecule has 0 aromatic carbocycles. The Labute approximate surface area is 93.8 Å². The van der Waals surface area contributed by atoms with Crippen LogP contribution in [0.4, 0.5) is 0 Å². The van der Waals surface area contributed by atoms with Crippen LogP contribution in [-0.4, -0.2) is 24.5 Å². The predicted octanol–water partition coefficient (Wildman–Crippen LogP) is 2.67. The molecule has 86 valence electrons. The van der Waals surface area contributed by atoms with Gasteiger partial charge in [-0.2, -0.15) is 0 Å². The van der Waals surface area contributed by atoms with E-state index in [4.69, 9.17) is 5.73 Å². The van der Waals surface area contributed by atoms with Crippen molar-refractivity contribution >= 4 is 0 Å². The minimum absolute atomic E-state index is 0.189. The summed E-state index contributed by atoms with van der Waals surface area (Å²) in [5, 5.41) is 0. The average molecular weight is 208 g/mol. The molecule has 1 aliphatic rings. The number of hydrogen-bond acceptors (Lipinski definition) is 2. The fourth-order valence-corrected chi connectivity index (χ4v) is 2.36. The lowest BCUT2D eigenvalue weighted by Gasteiger charge is -2.33. The molecule has 1 rings (SSSR count). The van der Waals surface area contributed by atoms with E-state index in [-0.39, 0.29) is 6.04 Å². The average Bonchev–Trinajstić information content (AvgIpc) is 2.16. The summed E-state index contributed by atoms with van der Waals surface area (Å²) >= 11 is 0. The third kappa shape index (κ3) is 2.85. The van der Waals surface area contributed by atoms with Crippen LogP contribution in [0, 0.1) is 0 Å². The van der Waals surface area contributed by atoms with E-state index in [2.05, 4.69) is 38.8 Å². The normalized spacial score (nSPS) is 19.3. The van der Waals surface area contributed by atoms with Gasteiger partial charge >= 0.3 is 0 Å². The van der Waals surface area contributed by atoms with Gasteiger partial charge in [0.25, 0.3) is 0 Å². The van der Waals surface area contributed by atoms with Crippen LogP contribution in [0.5, 0.6) is 0 Å². The van der Waals surface area contributed by atoms with Gasteiger partial charge in [0.05, 0.1) is 0 Å². The number of rotatable bonds is 4. The second-order valence-corrected chi connectivity index (χ2v) is 4.49. The highest BCUT2D eigenvalue weighted by Gasteiger charge is 2.19. The maximum absolute atomic E-state index is 6.12. The van der Waals surface area contributed by atoms with Crippen molar-refractivity contribution in [2.75, 3.05) is 13.6 Å². The number of nitrogens with two attached hydrogens (primary N) is 1. The minimum Gasteiger partial charge on any atom is -0.372 e. The zero-order chi connectivity index (χ0) is 11.4. The quantitative estimate of drug-likeness (QED) is 0.769. The molecule has 1 heterocycles. The Kier molecular flexibility index (Phi) is 4.40. The highest BCUT2D eigenvalue weighted by molar-refractivity contribution is 5.34. The van der Waals surface area contributed by atoms with Crippen LogP contribution in [0.2, 0.25) is 0 Å². The van der Waals surface area contributed by atoms with E-state index in [1.54, 1.807) is 0 Å². The second kappa shape index (κ2) is 5.36. The van der Waals surface area contributed by atoms with Crippen LogP contribution in [0.1, 0.15) is 40.0 Å². The lowest BCUT2D eigenvalue weighted by molar-refractivity contribution is 0.395. The minimum atomic E-state index is 0.189. The molecule has 2 heteroatoms. The predicted molar refractivity (Wildman–Crippen MR) is 66.6 cm³/mol. The summed E-state index contributed by atoms with van der Waals surface area (Å²) < 4.78 is 0. The SMILES string of the molecule is CCCC1=CC(C)=C(C(N)CC)N(C)C1. The topological polar surface area (TPSA) is 29.3 Å². The van der Waals surface area contributed by atoms with Crippen molar-refractivity contribution in [3.05, 3.63) is 22.9 Å². The molecule has 2 nitrogen and oxygen atoms in total. The van der Waals surface area contributed by atoms with Crippen molar-refractivity contribution in [3.63, 3.8) is 0 Å². The van der Waals surface area contributed by atoms with Crippen LogP contribution in [-0.2, 0) is 0 Å². The van der Waals surface area contributed by atoms with Gasteiger partial charge in [0.15, 0.2) is 0 Å². The Bertz CT molecular complexity index is 276. The Morgan fingerprint density at radius 3 is 2.60 bits per heavy atom. The first-order valence-corrected chi connectivity index (χ1v) is 5.97. The van der Waals surface area contributed by atoms with E-state index in [9.17, 15) is 0 Å². The summed E-state index contributed by atoms with van der Waals surface area (Å²) in [6.07, 6.45) is 5.76.